The van der Waals surface area contributed by atoms with Gasteiger partial charge in [-0.25, -0.2) is 4.79 Å². The first-order valence-corrected chi connectivity index (χ1v) is 11.3. The highest BCUT2D eigenvalue weighted by Crippen LogP contribution is 2.29. The number of hydrogen-bond donors (Lipinski definition) is 2. The number of benzene rings is 2. The molecule has 0 aliphatic carbocycles. The minimum Gasteiger partial charge on any atom is -0.467 e. The molecule has 1 aromatic heterocycles. The number of methoxy groups -OCH3 is 1. The fourth-order valence-corrected chi connectivity index (χ4v) is 4.54. The number of nitrogens with one attached hydrogen (secondary N) is 2. The third-order valence-electron chi connectivity index (χ3n) is 6.54. The average molecular weight is 448 g/mol. The first kappa shape index (κ1) is 22.6. The molecule has 33 heavy (non-hydrogen) atoms. The van der Waals surface area contributed by atoms with Crippen LogP contribution in [0.2, 0.25) is 0 Å². The van der Waals surface area contributed by atoms with Gasteiger partial charge in [-0.05, 0) is 36.6 Å². The Morgan fingerprint density at radius 2 is 1.70 bits per heavy atom. The van der Waals surface area contributed by atoms with Crippen molar-refractivity contribution in [3.05, 3.63) is 71.9 Å². The predicted molar refractivity (Wildman–Crippen MR) is 126 cm³/mol. The van der Waals surface area contributed by atoms with E-state index < -0.39 is 12.0 Å². The van der Waals surface area contributed by atoms with Gasteiger partial charge in [0.1, 0.15) is 6.04 Å². The summed E-state index contributed by atoms with van der Waals surface area (Å²) in [7, 11) is 1.33. The van der Waals surface area contributed by atoms with Crippen molar-refractivity contribution in [2.45, 2.75) is 31.7 Å². The number of piperidine rings is 1. The third kappa shape index (κ3) is 4.77. The fraction of sp³-hybridized carbons (Fsp3) is 0.346. The van der Waals surface area contributed by atoms with E-state index in [9.17, 15) is 14.4 Å². The van der Waals surface area contributed by atoms with E-state index >= 15 is 0 Å². The van der Waals surface area contributed by atoms with Crippen LogP contribution in [-0.2, 0) is 14.3 Å². The molecule has 172 valence electrons. The number of aromatic nitrogens is 1. The number of likely N-dealkylation sites (tertiary alicyclic amines) is 1. The quantitative estimate of drug-likeness (QED) is 0.566. The Kier molecular flexibility index (Phi) is 6.77. The van der Waals surface area contributed by atoms with Crippen LogP contribution in [0.25, 0.3) is 10.9 Å². The van der Waals surface area contributed by atoms with Gasteiger partial charge in [0.25, 0.3) is 5.91 Å². The second kappa shape index (κ2) is 9.90. The van der Waals surface area contributed by atoms with Crippen LogP contribution in [0, 0.1) is 5.92 Å². The molecule has 4 rings (SSSR count). The van der Waals surface area contributed by atoms with E-state index in [4.69, 9.17) is 4.74 Å². The Morgan fingerprint density at radius 3 is 2.39 bits per heavy atom. The van der Waals surface area contributed by atoms with Crippen molar-refractivity contribution in [2.24, 2.45) is 5.92 Å². The standard InChI is InChI=1S/C26H29N3O4/c1-17(21-16-27-22-11-7-6-10-20(21)22)23(26(32)33-2)28-24(30)18-12-14-29(15-13-18)25(31)19-8-4-3-5-9-19/h3-11,16-18,23,27H,12-15H2,1-2H3,(H,28,30)/t17-,23-/m1/s1. The van der Waals surface area contributed by atoms with Crippen molar-refractivity contribution in [3.63, 3.8) is 0 Å². The number of fused-ring (bicyclic) bond motifs is 1. The molecular formula is C26H29N3O4. The van der Waals surface area contributed by atoms with E-state index in [2.05, 4.69) is 10.3 Å². The maximum absolute atomic E-state index is 13.1. The van der Waals surface area contributed by atoms with Crippen LogP contribution >= 0.6 is 0 Å². The van der Waals surface area contributed by atoms with Crippen molar-refractivity contribution < 1.29 is 19.1 Å². The first-order valence-electron chi connectivity index (χ1n) is 11.3. The second-order valence-corrected chi connectivity index (χ2v) is 8.52. The second-order valence-electron chi connectivity index (χ2n) is 8.52. The van der Waals surface area contributed by atoms with E-state index in [1.807, 2.05) is 55.6 Å². The van der Waals surface area contributed by atoms with Crippen molar-refractivity contribution >= 4 is 28.7 Å². The Labute approximate surface area is 193 Å². The van der Waals surface area contributed by atoms with Crippen molar-refractivity contribution in [2.75, 3.05) is 20.2 Å². The molecule has 0 saturated carbocycles. The summed E-state index contributed by atoms with van der Waals surface area (Å²) in [6, 6.07) is 16.2. The van der Waals surface area contributed by atoms with Gasteiger partial charge in [0.2, 0.25) is 5.91 Å². The van der Waals surface area contributed by atoms with E-state index in [1.54, 1.807) is 17.0 Å². The lowest BCUT2D eigenvalue weighted by Gasteiger charge is -2.32. The molecule has 2 amide bonds. The maximum atomic E-state index is 13.1. The molecule has 2 heterocycles. The van der Waals surface area contributed by atoms with Crippen LogP contribution in [0.1, 0.15) is 41.6 Å². The highest BCUT2D eigenvalue weighted by atomic mass is 16.5. The molecule has 1 fully saturated rings. The molecular weight excluding hydrogens is 418 g/mol. The van der Waals surface area contributed by atoms with E-state index in [0.29, 0.717) is 31.5 Å². The van der Waals surface area contributed by atoms with Crippen molar-refractivity contribution in [1.82, 2.24) is 15.2 Å². The molecule has 1 aliphatic rings. The first-order chi connectivity index (χ1) is 16.0. The van der Waals surface area contributed by atoms with Crippen LogP contribution in [0.15, 0.2) is 60.8 Å². The number of para-hydroxylation sites is 1. The topological polar surface area (TPSA) is 91.5 Å². The normalized spacial score (nSPS) is 16.2. The zero-order valence-corrected chi connectivity index (χ0v) is 18.9. The highest BCUT2D eigenvalue weighted by molar-refractivity contribution is 5.94. The number of nitrogens with zero attached hydrogens (tertiary/aromatic N) is 1. The van der Waals surface area contributed by atoms with E-state index in [-0.39, 0.29) is 23.7 Å². The highest BCUT2D eigenvalue weighted by Gasteiger charge is 2.34. The number of amides is 2. The number of ether oxygens (including phenoxy) is 1. The molecule has 0 unspecified atom stereocenters. The third-order valence-corrected chi connectivity index (χ3v) is 6.54. The minimum absolute atomic E-state index is 0.0187. The number of H-pyrrole nitrogens is 1. The van der Waals surface area contributed by atoms with Crippen LogP contribution in [0.5, 0.6) is 0 Å². The molecule has 2 N–H and O–H groups in total. The lowest BCUT2D eigenvalue weighted by molar-refractivity contribution is -0.146. The lowest BCUT2D eigenvalue weighted by atomic mass is 9.90. The van der Waals surface area contributed by atoms with Crippen LogP contribution in [0.3, 0.4) is 0 Å². The number of aromatic amines is 1. The van der Waals surface area contributed by atoms with Gasteiger partial charge in [-0.3, -0.25) is 9.59 Å². The fourth-order valence-electron chi connectivity index (χ4n) is 4.54. The summed E-state index contributed by atoms with van der Waals surface area (Å²) in [6.45, 7) is 2.93. The molecule has 7 heteroatoms. The zero-order chi connectivity index (χ0) is 23.4. The SMILES string of the molecule is COC(=O)[C@H](NC(=O)C1CCN(C(=O)c2ccccc2)CC1)[C@H](C)c1c[nH]c2ccccc12. The molecule has 2 atom stereocenters. The molecule has 2 aromatic carbocycles. The number of rotatable bonds is 6. The number of carbonyl (C=O) groups is 3. The van der Waals surface area contributed by atoms with Gasteiger partial charge in [0.15, 0.2) is 0 Å². The van der Waals surface area contributed by atoms with Gasteiger partial charge in [0, 0.05) is 47.6 Å². The Hall–Kier alpha value is -3.61. The van der Waals surface area contributed by atoms with Gasteiger partial charge in [-0.1, -0.05) is 43.3 Å². The lowest BCUT2D eigenvalue weighted by Crippen LogP contribution is -2.49. The molecule has 0 radical (unpaired) electrons. The summed E-state index contributed by atoms with van der Waals surface area (Å²) >= 11 is 0. The molecule has 0 bridgehead atoms. The summed E-state index contributed by atoms with van der Waals surface area (Å²) in [6.07, 6.45) is 2.99. The summed E-state index contributed by atoms with van der Waals surface area (Å²) in [4.78, 5) is 43.4. The Bertz CT molecular complexity index is 1130. The van der Waals surface area contributed by atoms with Crippen molar-refractivity contribution in [1.29, 1.82) is 0 Å². The number of hydrogen-bond acceptors (Lipinski definition) is 4. The number of esters is 1. The largest absolute Gasteiger partial charge is 0.467 e. The Morgan fingerprint density at radius 1 is 1.03 bits per heavy atom. The average Bonchev–Trinajstić information content (AvgIpc) is 3.30. The minimum atomic E-state index is -0.800. The molecule has 0 spiro atoms. The van der Waals surface area contributed by atoms with Crippen molar-refractivity contribution in [3.8, 4) is 0 Å². The van der Waals surface area contributed by atoms with E-state index in [0.717, 1.165) is 16.5 Å². The Balaban J connectivity index is 1.42. The molecule has 7 nitrogen and oxygen atoms in total. The zero-order valence-electron chi connectivity index (χ0n) is 18.9. The number of carbonyl (C=O) groups excluding carboxylic acids is 3. The van der Waals surface area contributed by atoms with E-state index in [1.165, 1.54) is 7.11 Å². The van der Waals surface area contributed by atoms with Gasteiger partial charge in [-0.2, -0.15) is 0 Å². The summed E-state index contributed by atoms with van der Waals surface area (Å²) in [5, 5.41) is 3.95. The van der Waals surface area contributed by atoms with Crippen LogP contribution in [0.4, 0.5) is 0 Å². The van der Waals surface area contributed by atoms with Crippen LogP contribution in [-0.4, -0.2) is 53.9 Å². The summed E-state index contributed by atoms with van der Waals surface area (Å²) in [5.74, 6) is -1.21. The van der Waals surface area contributed by atoms with Gasteiger partial charge in [-0.15, -0.1) is 0 Å². The van der Waals surface area contributed by atoms with Gasteiger partial charge in [0.05, 0.1) is 7.11 Å². The molecule has 1 saturated heterocycles. The monoisotopic (exact) mass is 447 g/mol. The van der Waals surface area contributed by atoms with Crippen LogP contribution < -0.4 is 5.32 Å². The smallest absolute Gasteiger partial charge is 0.328 e. The predicted octanol–water partition coefficient (Wildman–Crippen LogP) is 3.48. The summed E-state index contributed by atoms with van der Waals surface area (Å²) in [5.41, 5.74) is 2.58. The molecule has 1 aliphatic heterocycles. The van der Waals surface area contributed by atoms with Gasteiger partial charge < -0.3 is 19.9 Å². The summed E-state index contributed by atoms with van der Waals surface area (Å²) < 4.78 is 5.01. The molecule has 3 aromatic rings. The van der Waals surface area contributed by atoms with Gasteiger partial charge >= 0.3 is 5.97 Å². The maximum Gasteiger partial charge on any atom is 0.328 e.